The quantitative estimate of drug-likeness (QED) is 0.548. The molecule has 2 nitrogen and oxygen atoms in total. The first-order chi connectivity index (χ1) is 7.29. The van der Waals surface area contributed by atoms with Gasteiger partial charge in [-0.15, -0.1) is 0 Å². The van der Waals surface area contributed by atoms with Crippen molar-refractivity contribution in [3.05, 3.63) is 42.1 Å². The molecule has 0 aromatic heterocycles. The van der Waals surface area contributed by atoms with Gasteiger partial charge >= 0.3 is 5.37 Å². The first-order valence-electron chi connectivity index (χ1n) is 5.03. The molecule has 78 valence electrons. The molecule has 0 unspecified atom stereocenters. The van der Waals surface area contributed by atoms with Crippen LogP contribution >= 0.6 is 11.6 Å². The lowest BCUT2D eigenvalue weighted by molar-refractivity contribution is 0.265. The molecule has 15 heavy (non-hydrogen) atoms. The third-order valence-electron chi connectivity index (χ3n) is 2.49. The summed E-state index contributed by atoms with van der Waals surface area (Å²) < 4.78 is 0. The Kier molecular flexibility index (Phi) is 3.07. The van der Waals surface area contributed by atoms with Gasteiger partial charge in [-0.25, -0.2) is 0 Å². The maximum absolute atomic E-state index is 11.4. The van der Waals surface area contributed by atoms with E-state index in [1.54, 1.807) is 4.90 Å². The number of carbonyl (C=O) groups is 1. The predicted molar refractivity (Wildman–Crippen MR) is 62.1 cm³/mol. The second kappa shape index (κ2) is 4.49. The molecule has 2 rings (SSSR count). The molecule has 0 atom stereocenters. The van der Waals surface area contributed by atoms with Crippen molar-refractivity contribution in [1.82, 2.24) is 0 Å². The van der Waals surface area contributed by atoms with E-state index in [9.17, 15) is 4.79 Å². The van der Waals surface area contributed by atoms with Gasteiger partial charge in [-0.1, -0.05) is 24.3 Å². The van der Waals surface area contributed by atoms with Crippen molar-refractivity contribution < 1.29 is 4.79 Å². The highest BCUT2D eigenvalue weighted by atomic mass is 35.5. The topological polar surface area (TPSA) is 20.3 Å². The fourth-order valence-electron chi connectivity index (χ4n) is 1.81. The van der Waals surface area contributed by atoms with Crippen LogP contribution in [0.5, 0.6) is 0 Å². The summed E-state index contributed by atoms with van der Waals surface area (Å²) in [4.78, 5) is 13.0. The van der Waals surface area contributed by atoms with E-state index in [1.807, 2.05) is 30.3 Å². The van der Waals surface area contributed by atoms with Crippen LogP contribution in [-0.2, 0) is 0 Å². The van der Waals surface area contributed by atoms with E-state index in [4.69, 9.17) is 11.6 Å². The number of benzene rings is 1. The number of hydrogen-bond acceptors (Lipinski definition) is 1. The molecule has 0 heterocycles. The van der Waals surface area contributed by atoms with E-state index in [1.165, 1.54) is 0 Å². The van der Waals surface area contributed by atoms with Gasteiger partial charge in [0, 0.05) is 11.4 Å². The summed E-state index contributed by atoms with van der Waals surface area (Å²) in [6.45, 7) is 0. The van der Waals surface area contributed by atoms with Gasteiger partial charge in [0.05, 0.1) is 0 Å². The number of nitrogens with zero attached hydrogens (tertiary/aromatic N) is 1. The standard InChI is InChI=1S/C12H12ClNO/c13-12(15)14(11-8-4-5-9-11)10-6-2-1-3-7-10/h1-3,6-8H,4-5,9H2. The van der Waals surface area contributed by atoms with Crippen molar-refractivity contribution in [2.24, 2.45) is 0 Å². The van der Waals surface area contributed by atoms with Crippen LogP contribution in [0.15, 0.2) is 42.1 Å². The molecule has 1 aromatic rings. The first kappa shape index (κ1) is 10.2. The van der Waals surface area contributed by atoms with Gasteiger partial charge in [-0.2, -0.15) is 0 Å². The molecule has 0 fully saturated rings. The molecule has 0 saturated carbocycles. The Balaban J connectivity index is 2.32. The Morgan fingerprint density at radius 3 is 2.53 bits per heavy atom. The van der Waals surface area contributed by atoms with Crippen LogP contribution in [-0.4, -0.2) is 5.37 Å². The molecular formula is C12H12ClNO. The molecule has 0 bridgehead atoms. The van der Waals surface area contributed by atoms with Gasteiger partial charge < -0.3 is 0 Å². The zero-order valence-corrected chi connectivity index (χ0v) is 9.07. The van der Waals surface area contributed by atoms with E-state index < -0.39 is 5.37 Å². The first-order valence-corrected chi connectivity index (χ1v) is 5.40. The molecule has 3 heteroatoms. The van der Waals surface area contributed by atoms with E-state index >= 15 is 0 Å². The van der Waals surface area contributed by atoms with Gasteiger partial charge in [0.25, 0.3) is 0 Å². The minimum atomic E-state index is -0.436. The van der Waals surface area contributed by atoms with Crippen LogP contribution in [0, 0.1) is 0 Å². The number of hydrogen-bond donors (Lipinski definition) is 0. The highest BCUT2D eigenvalue weighted by Gasteiger charge is 2.19. The number of carbonyl (C=O) groups excluding carboxylic acids is 1. The van der Waals surface area contributed by atoms with Gasteiger partial charge in [-0.05, 0) is 43.0 Å². The number of para-hydroxylation sites is 1. The number of anilines is 1. The van der Waals surface area contributed by atoms with Crippen LogP contribution in [0.1, 0.15) is 19.3 Å². The average Bonchev–Trinajstić information content (AvgIpc) is 2.72. The number of rotatable bonds is 2. The highest BCUT2D eigenvalue weighted by molar-refractivity contribution is 6.66. The molecule has 1 aliphatic carbocycles. The maximum Gasteiger partial charge on any atom is 0.325 e. The number of allylic oxidation sites excluding steroid dienone is 2. The van der Waals surface area contributed by atoms with E-state index in [-0.39, 0.29) is 0 Å². The van der Waals surface area contributed by atoms with Crippen LogP contribution in [0.2, 0.25) is 0 Å². The van der Waals surface area contributed by atoms with Crippen LogP contribution in [0.3, 0.4) is 0 Å². The van der Waals surface area contributed by atoms with Crippen LogP contribution < -0.4 is 4.90 Å². The van der Waals surface area contributed by atoms with Crippen LogP contribution in [0.4, 0.5) is 10.5 Å². The summed E-state index contributed by atoms with van der Waals surface area (Å²) >= 11 is 5.60. The Morgan fingerprint density at radius 1 is 1.27 bits per heavy atom. The molecule has 0 N–H and O–H groups in total. The largest absolute Gasteiger partial charge is 0.325 e. The van der Waals surface area contributed by atoms with Crippen molar-refractivity contribution in [3.63, 3.8) is 0 Å². The minimum Gasteiger partial charge on any atom is -0.272 e. The predicted octanol–water partition coefficient (Wildman–Crippen LogP) is 3.92. The Bertz CT molecular complexity index is 386. The maximum atomic E-state index is 11.4. The van der Waals surface area contributed by atoms with Crippen molar-refractivity contribution in [2.45, 2.75) is 19.3 Å². The molecular weight excluding hydrogens is 210 g/mol. The van der Waals surface area contributed by atoms with Crippen molar-refractivity contribution in [2.75, 3.05) is 4.90 Å². The Morgan fingerprint density at radius 2 is 2.00 bits per heavy atom. The summed E-state index contributed by atoms with van der Waals surface area (Å²) in [7, 11) is 0. The van der Waals surface area contributed by atoms with Gasteiger partial charge in [0.2, 0.25) is 0 Å². The summed E-state index contributed by atoms with van der Waals surface area (Å²) in [5.41, 5.74) is 1.85. The van der Waals surface area contributed by atoms with Crippen LogP contribution in [0.25, 0.3) is 0 Å². The molecule has 1 aliphatic rings. The Labute approximate surface area is 94.2 Å². The van der Waals surface area contributed by atoms with E-state index in [0.29, 0.717) is 0 Å². The van der Waals surface area contributed by atoms with E-state index in [2.05, 4.69) is 6.08 Å². The summed E-state index contributed by atoms with van der Waals surface area (Å²) in [6, 6.07) is 9.50. The lowest BCUT2D eigenvalue weighted by atomic mass is 10.2. The van der Waals surface area contributed by atoms with Gasteiger partial charge in [0.15, 0.2) is 0 Å². The summed E-state index contributed by atoms with van der Waals surface area (Å²) in [5, 5.41) is -0.436. The lowest BCUT2D eigenvalue weighted by Crippen LogP contribution is -2.23. The Hall–Kier alpha value is -1.28. The fraction of sp³-hybridized carbons (Fsp3) is 0.250. The fourth-order valence-corrected chi connectivity index (χ4v) is 2.02. The van der Waals surface area contributed by atoms with Crippen molar-refractivity contribution >= 4 is 22.7 Å². The smallest absolute Gasteiger partial charge is 0.272 e. The molecule has 1 amide bonds. The zero-order valence-electron chi connectivity index (χ0n) is 8.32. The molecule has 0 aliphatic heterocycles. The molecule has 1 aromatic carbocycles. The number of halogens is 1. The highest BCUT2D eigenvalue weighted by Crippen LogP contribution is 2.28. The third-order valence-corrected chi connectivity index (χ3v) is 2.66. The van der Waals surface area contributed by atoms with Gasteiger partial charge in [0.1, 0.15) is 0 Å². The van der Waals surface area contributed by atoms with Crippen molar-refractivity contribution in [3.8, 4) is 0 Å². The molecule has 0 saturated heterocycles. The van der Waals surface area contributed by atoms with Crippen molar-refractivity contribution in [1.29, 1.82) is 0 Å². The SMILES string of the molecule is O=C(Cl)N(C1=CCCC1)c1ccccc1. The lowest BCUT2D eigenvalue weighted by Gasteiger charge is -2.20. The van der Waals surface area contributed by atoms with Gasteiger partial charge in [-0.3, -0.25) is 9.69 Å². The molecule has 0 radical (unpaired) electrons. The van der Waals surface area contributed by atoms with E-state index in [0.717, 1.165) is 30.6 Å². The normalized spacial score (nSPS) is 14.9. The minimum absolute atomic E-state index is 0.436. The third kappa shape index (κ3) is 2.21. The molecule has 0 spiro atoms. The monoisotopic (exact) mass is 221 g/mol. The summed E-state index contributed by atoms with van der Waals surface area (Å²) in [6.07, 6.45) is 5.13. The average molecular weight is 222 g/mol. The summed E-state index contributed by atoms with van der Waals surface area (Å²) in [5.74, 6) is 0. The second-order valence-electron chi connectivity index (χ2n) is 3.51. The number of amides is 1. The zero-order chi connectivity index (χ0) is 10.7. The second-order valence-corrected chi connectivity index (χ2v) is 3.83.